The summed E-state index contributed by atoms with van der Waals surface area (Å²) in [6.45, 7) is 5.62. The topological polar surface area (TPSA) is 87.5 Å². The molecule has 1 aliphatic rings. The Morgan fingerprint density at radius 1 is 1.11 bits per heavy atom. The third-order valence-corrected chi connectivity index (χ3v) is 5.05. The number of carbonyl (C=O) groups is 2. The number of amides is 3. The minimum atomic E-state index is -0.284. The van der Waals surface area contributed by atoms with Crippen molar-refractivity contribution in [3.8, 4) is 0 Å². The predicted molar refractivity (Wildman–Crippen MR) is 111 cm³/mol. The zero-order valence-electron chi connectivity index (χ0n) is 16.4. The summed E-state index contributed by atoms with van der Waals surface area (Å²) in [4.78, 5) is 26.8. The molecule has 148 valence electrons. The summed E-state index contributed by atoms with van der Waals surface area (Å²) in [5, 5.41) is 5.55. The van der Waals surface area contributed by atoms with E-state index in [1.807, 2.05) is 36.9 Å². The van der Waals surface area contributed by atoms with Gasteiger partial charge in [0, 0.05) is 36.3 Å². The molecule has 3 rings (SSSR count). The highest BCUT2D eigenvalue weighted by Crippen LogP contribution is 2.33. The number of anilines is 1. The second-order valence-electron chi connectivity index (χ2n) is 7.56. The molecule has 1 fully saturated rings. The molecular formula is C22H28N4O2. The van der Waals surface area contributed by atoms with Crippen LogP contribution >= 0.6 is 0 Å². The van der Waals surface area contributed by atoms with E-state index in [2.05, 4.69) is 22.8 Å². The summed E-state index contributed by atoms with van der Waals surface area (Å²) in [6, 6.07) is 17.0. The molecule has 1 heterocycles. The van der Waals surface area contributed by atoms with Crippen LogP contribution in [0.5, 0.6) is 0 Å². The van der Waals surface area contributed by atoms with E-state index in [-0.39, 0.29) is 29.8 Å². The van der Waals surface area contributed by atoms with Crippen LogP contribution in [0.2, 0.25) is 0 Å². The first-order chi connectivity index (χ1) is 13.5. The highest BCUT2D eigenvalue weighted by molar-refractivity contribution is 5.97. The van der Waals surface area contributed by atoms with Gasteiger partial charge in [-0.3, -0.25) is 4.79 Å². The fourth-order valence-electron chi connectivity index (χ4n) is 3.70. The molecule has 2 aromatic rings. The van der Waals surface area contributed by atoms with Crippen molar-refractivity contribution in [2.24, 2.45) is 11.7 Å². The summed E-state index contributed by atoms with van der Waals surface area (Å²) in [6.07, 6.45) is 0. The first-order valence-electron chi connectivity index (χ1n) is 9.69. The van der Waals surface area contributed by atoms with Crippen molar-refractivity contribution in [1.29, 1.82) is 0 Å². The molecule has 28 heavy (non-hydrogen) atoms. The van der Waals surface area contributed by atoms with Gasteiger partial charge in [0.1, 0.15) is 0 Å². The lowest BCUT2D eigenvalue weighted by Crippen LogP contribution is -2.34. The van der Waals surface area contributed by atoms with Gasteiger partial charge < -0.3 is 21.3 Å². The molecule has 0 bridgehead atoms. The van der Waals surface area contributed by atoms with Crippen LogP contribution in [-0.4, -0.2) is 42.5 Å². The second kappa shape index (κ2) is 8.89. The maximum absolute atomic E-state index is 13.1. The maximum Gasteiger partial charge on any atom is 0.319 e. The highest BCUT2D eigenvalue weighted by Gasteiger charge is 2.35. The first-order valence-corrected chi connectivity index (χ1v) is 9.69. The Labute approximate surface area is 166 Å². The van der Waals surface area contributed by atoms with E-state index >= 15 is 0 Å². The van der Waals surface area contributed by atoms with Crippen molar-refractivity contribution in [2.45, 2.75) is 25.8 Å². The van der Waals surface area contributed by atoms with Gasteiger partial charge in [-0.15, -0.1) is 0 Å². The van der Waals surface area contributed by atoms with Gasteiger partial charge in [-0.1, -0.05) is 36.4 Å². The number of benzene rings is 2. The van der Waals surface area contributed by atoms with Gasteiger partial charge in [0.05, 0.1) is 0 Å². The van der Waals surface area contributed by atoms with Crippen molar-refractivity contribution in [3.63, 3.8) is 0 Å². The van der Waals surface area contributed by atoms with E-state index in [1.165, 1.54) is 5.56 Å². The number of nitrogens with two attached hydrogens (primary N) is 1. The average Bonchev–Trinajstić information content (AvgIpc) is 3.12. The first kappa shape index (κ1) is 19.9. The van der Waals surface area contributed by atoms with E-state index in [4.69, 9.17) is 5.73 Å². The van der Waals surface area contributed by atoms with E-state index in [0.717, 1.165) is 0 Å². The van der Waals surface area contributed by atoms with E-state index in [9.17, 15) is 9.59 Å². The average molecular weight is 380 g/mol. The highest BCUT2D eigenvalue weighted by atomic mass is 16.2. The minimum Gasteiger partial charge on any atom is -0.338 e. The van der Waals surface area contributed by atoms with Crippen molar-refractivity contribution in [3.05, 3.63) is 65.7 Å². The molecule has 1 aliphatic heterocycles. The molecule has 4 N–H and O–H groups in total. The summed E-state index contributed by atoms with van der Waals surface area (Å²) in [5.74, 6) is 0.447. The van der Waals surface area contributed by atoms with Gasteiger partial charge in [-0.25, -0.2) is 4.79 Å². The number of nitrogens with one attached hydrogen (secondary N) is 2. The van der Waals surface area contributed by atoms with Gasteiger partial charge in [-0.2, -0.15) is 0 Å². The van der Waals surface area contributed by atoms with Gasteiger partial charge in [0.25, 0.3) is 5.91 Å². The number of hydrogen-bond acceptors (Lipinski definition) is 3. The van der Waals surface area contributed by atoms with Gasteiger partial charge >= 0.3 is 6.03 Å². The Morgan fingerprint density at radius 2 is 1.86 bits per heavy atom. The number of rotatable bonds is 5. The van der Waals surface area contributed by atoms with Crippen LogP contribution in [0.3, 0.4) is 0 Å². The lowest BCUT2D eigenvalue weighted by atomic mass is 9.89. The van der Waals surface area contributed by atoms with E-state index in [1.54, 1.807) is 24.3 Å². The molecule has 2 aromatic carbocycles. The van der Waals surface area contributed by atoms with E-state index < -0.39 is 0 Å². The Kier molecular flexibility index (Phi) is 6.31. The fraction of sp³-hybridized carbons (Fsp3) is 0.364. The number of nitrogens with zero attached hydrogens (tertiary/aromatic N) is 1. The molecule has 0 aliphatic carbocycles. The molecule has 0 saturated carbocycles. The minimum absolute atomic E-state index is 0.0372. The Hall–Kier alpha value is -2.86. The summed E-state index contributed by atoms with van der Waals surface area (Å²) >= 11 is 0. The van der Waals surface area contributed by atoms with Gasteiger partial charge in [-0.05, 0) is 50.1 Å². The quantitative estimate of drug-likeness (QED) is 0.745. The molecule has 0 unspecified atom stereocenters. The molecule has 2 atom stereocenters. The molecule has 6 nitrogen and oxygen atoms in total. The van der Waals surface area contributed by atoms with Crippen LogP contribution in [0.25, 0.3) is 0 Å². The van der Waals surface area contributed by atoms with E-state index in [0.29, 0.717) is 30.9 Å². The normalized spacial score (nSPS) is 18.9. The SMILES string of the molecule is CC(C)NC(=O)Nc1cccc(C(=O)N2C[C@@H](CN)[C@H](c3ccccc3)C2)c1. The molecule has 0 spiro atoms. The Balaban J connectivity index is 1.72. The van der Waals surface area contributed by atoms with Crippen LogP contribution in [0.4, 0.5) is 10.5 Å². The zero-order chi connectivity index (χ0) is 20.1. The standard InChI is InChI=1S/C22H28N4O2/c1-15(2)24-22(28)25-19-10-6-9-17(11-19)21(27)26-13-18(12-23)20(14-26)16-7-4-3-5-8-16/h3-11,15,18,20H,12-14,23H2,1-2H3,(H2,24,25,28)/t18-,20+/m1/s1. The van der Waals surface area contributed by atoms with Crippen LogP contribution < -0.4 is 16.4 Å². The maximum atomic E-state index is 13.1. The number of likely N-dealkylation sites (tertiary alicyclic amines) is 1. The molecule has 3 amide bonds. The lowest BCUT2D eigenvalue weighted by molar-refractivity contribution is 0.0786. The third-order valence-electron chi connectivity index (χ3n) is 5.05. The smallest absolute Gasteiger partial charge is 0.319 e. The molecule has 6 heteroatoms. The largest absolute Gasteiger partial charge is 0.338 e. The van der Waals surface area contributed by atoms with Crippen molar-refractivity contribution >= 4 is 17.6 Å². The van der Waals surface area contributed by atoms with Crippen LogP contribution in [0.1, 0.15) is 35.7 Å². The number of hydrogen-bond donors (Lipinski definition) is 3. The molecular weight excluding hydrogens is 352 g/mol. The summed E-state index contributed by atoms with van der Waals surface area (Å²) < 4.78 is 0. The predicted octanol–water partition coefficient (Wildman–Crippen LogP) is 3.03. The van der Waals surface area contributed by atoms with Crippen LogP contribution in [-0.2, 0) is 0 Å². The monoisotopic (exact) mass is 380 g/mol. The number of carbonyl (C=O) groups excluding carboxylic acids is 2. The zero-order valence-corrected chi connectivity index (χ0v) is 16.4. The lowest BCUT2D eigenvalue weighted by Gasteiger charge is -2.17. The van der Waals surface area contributed by atoms with Crippen molar-refractivity contribution in [2.75, 3.05) is 25.0 Å². The van der Waals surface area contributed by atoms with Crippen LogP contribution in [0, 0.1) is 5.92 Å². The molecule has 1 saturated heterocycles. The Morgan fingerprint density at radius 3 is 2.54 bits per heavy atom. The third kappa shape index (κ3) is 4.70. The molecule has 0 aromatic heterocycles. The molecule has 0 radical (unpaired) electrons. The fourth-order valence-corrected chi connectivity index (χ4v) is 3.70. The Bertz CT molecular complexity index is 822. The summed E-state index contributed by atoms with van der Waals surface area (Å²) in [5.41, 5.74) is 8.36. The summed E-state index contributed by atoms with van der Waals surface area (Å²) in [7, 11) is 0. The van der Waals surface area contributed by atoms with Crippen molar-refractivity contribution in [1.82, 2.24) is 10.2 Å². The number of urea groups is 1. The van der Waals surface area contributed by atoms with Gasteiger partial charge in [0.15, 0.2) is 0 Å². The van der Waals surface area contributed by atoms with Crippen LogP contribution in [0.15, 0.2) is 54.6 Å². The van der Waals surface area contributed by atoms with Crippen molar-refractivity contribution < 1.29 is 9.59 Å². The second-order valence-corrected chi connectivity index (χ2v) is 7.56. The van der Waals surface area contributed by atoms with Gasteiger partial charge in [0.2, 0.25) is 0 Å².